The molecule has 10 heteroatoms. The van der Waals surface area contributed by atoms with E-state index in [0.717, 1.165) is 60.4 Å². The second kappa shape index (κ2) is 13.0. The first-order valence-corrected chi connectivity index (χ1v) is 14.4. The van der Waals surface area contributed by atoms with Crippen molar-refractivity contribution in [3.05, 3.63) is 66.5 Å². The third-order valence-corrected chi connectivity index (χ3v) is 7.75. The number of rotatable bonds is 12. The fourth-order valence-electron chi connectivity index (χ4n) is 5.54. The number of hydrogen-bond acceptors (Lipinski definition) is 8. The summed E-state index contributed by atoms with van der Waals surface area (Å²) in [6.07, 6.45) is 8.30. The minimum Gasteiger partial charge on any atom is -0.494 e. The van der Waals surface area contributed by atoms with E-state index in [1.54, 1.807) is 13.3 Å². The summed E-state index contributed by atoms with van der Waals surface area (Å²) in [7, 11) is 7.62. The number of anilines is 4. The Bertz CT molecular complexity index is 1700. The SMILES string of the molecule is C=CC(=O)Nc1cc(Nc2ncc(CCC#N)c(-c3cn4c5c(cccc35)CCC4)n2)c(OC)cc1N(C)CCN(C)C. The van der Waals surface area contributed by atoms with Gasteiger partial charge in [-0.3, -0.25) is 4.79 Å². The third-order valence-electron chi connectivity index (χ3n) is 7.75. The fraction of sp³-hybridized carbons (Fsp3) is 0.333. The normalized spacial score (nSPS) is 12.2. The molecule has 1 aliphatic rings. The van der Waals surface area contributed by atoms with Crippen LogP contribution in [0.1, 0.15) is 24.0 Å². The summed E-state index contributed by atoms with van der Waals surface area (Å²) in [5.74, 6) is 0.650. The summed E-state index contributed by atoms with van der Waals surface area (Å²) in [6, 6.07) is 12.4. The molecule has 0 saturated carbocycles. The first-order chi connectivity index (χ1) is 20.8. The van der Waals surface area contributed by atoms with Crippen LogP contribution in [0.4, 0.5) is 23.0 Å². The Morgan fingerprint density at radius 1 is 1.23 bits per heavy atom. The van der Waals surface area contributed by atoms with Crippen LogP contribution in [0.25, 0.3) is 22.2 Å². The predicted octanol–water partition coefficient (Wildman–Crippen LogP) is 5.38. The zero-order chi connectivity index (χ0) is 30.5. The first-order valence-electron chi connectivity index (χ1n) is 14.4. The van der Waals surface area contributed by atoms with Gasteiger partial charge in [-0.1, -0.05) is 24.8 Å². The van der Waals surface area contributed by atoms with Gasteiger partial charge in [0.05, 0.1) is 41.5 Å². The van der Waals surface area contributed by atoms with Crippen LogP contribution in [0.15, 0.2) is 55.4 Å². The minimum atomic E-state index is -0.313. The number of carbonyl (C=O) groups excluding carboxylic acids is 1. The van der Waals surface area contributed by atoms with Gasteiger partial charge < -0.3 is 29.7 Å². The highest BCUT2D eigenvalue weighted by Gasteiger charge is 2.21. The van der Waals surface area contributed by atoms with Crippen LogP contribution >= 0.6 is 0 Å². The predicted molar refractivity (Wildman–Crippen MR) is 172 cm³/mol. The molecule has 43 heavy (non-hydrogen) atoms. The molecular formula is C33H38N8O2. The summed E-state index contributed by atoms with van der Waals surface area (Å²) in [4.78, 5) is 26.2. The number of aromatic nitrogens is 3. The van der Waals surface area contributed by atoms with Crippen LogP contribution in [0.5, 0.6) is 5.75 Å². The van der Waals surface area contributed by atoms with Crippen LogP contribution in [-0.2, 0) is 24.2 Å². The van der Waals surface area contributed by atoms with Gasteiger partial charge in [-0.2, -0.15) is 5.26 Å². The maximum absolute atomic E-state index is 12.4. The minimum absolute atomic E-state index is 0.313. The number of benzene rings is 2. The summed E-state index contributed by atoms with van der Waals surface area (Å²) in [6.45, 7) is 6.14. The second-order valence-electron chi connectivity index (χ2n) is 11.0. The monoisotopic (exact) mass is 578 g/mol. The molecule has 10 nitrogen and oxygen atoms in total. The lowest BCUT2D eigenvalue weighted by Crippen LogP contribution is -2.29. The second-order valence-corrected chi connectivity index (χ2v) is 11.0. The van der Waals surface area contributed by atoms with Crippen LogP contribution in [0.2, 0.25) is 0 Å². The number of para-hydroxylation sites is 1. The lowest BCUT2D eigenvalue weighted by Gasteiger charge is -2.26. The molecule has 0 spiro atoms. The molecule has 222 valence electrons. The molecule has 0 atom stereocenters. The molecule has 2 aromatic heterocycles. The van der Waals surface area contributed by atoms with E-state index in [4.69, 9.17) is 9.72 Å². The Morgan fingerprint density at radius 3 is 2.81 bits per heavy atom. The molecule has 1 amide bonds. The number of nitrogens with one attached hydrogen (secondary N) is 2. The molecule has 2 aromatic carbocycles. The number of ether oxygens (including phenoxy) is 1. The quantitative estimate of drug-likeness (QED) is 0.216. The largest absolute Gasteiger partial charge is 0.494 e. The molecule has 0 saturated heterocycles. The van der Waals surface area contributed by atoms with Crippen LogP contribution in [0, 0.1) is 11.3 Å². The van der Waals surface area contributed by atoms with Crippen LogP contribution < -0.4 is 20.3 Å². The Morgan fingerprint density at radius 2 is 2.07 bits per heavy atom. The number of nitriles is 1. The van der Waals surface area contributed by atoms with Gasteiger partial charge in [-0.15, -0.1) is 0 Å². The topological polar surface area (TPSA) is 111 Å². The van der Waals surface area contributed by atoms with Crippen molar-refractivity contribution in [1.82, 2.24) is 19.4 Å². The van der Waals surface area contributed by atoms with Gasteiger partial charge in [0.25, 0.3) is 0 Å². The van der Waals surface area contributed by atoms with E-state index in [2.05, 4.69) is 67.0 Å². The summed E-state index contributed by atoms with van der Waals surface area (Å²) in [5, 5.41) is 16.7. The standard InChI is InChI=1S/C33H38N8O2/c1-6-30(42)36-26-18-27(29(43-5)19-28(26)40(4)17-16-39(2)3)37-33-35-20-23(11-8-14-34)31(38-33)25-21-41-15-9-12-22-10-7-13-24(25)32(22)41/h6-7,10,13,18-21H,1,8-9,11-12,15-17H2,2-5H3,(H,36,42)(H,35,37,38). The molecule has 5 rings (SSSR count). The molecule has 0 fully saturated rings. The van der Waals surface area contributed by atoms with Gasteiger partial charge in [0.1, 0.15) is 5.75 Å². The number of aryl methyl sites for hydroxylation is 3. The highest BCUT2D eigenvalue weighted by Crippen LogP contribution is 2.39. The van der Waals surface area contributed by atoms with E-state index < -0.39 is 0 Å². The Kier molecular flexibility index (Phi) is 8.93. The van der Waals surface area contributed by atoms with E-state index in [9.17, 15) is 10.1 Å². The van der Waals surface area contributed by atoms with Gasteiger partial charge in [-0.25, -0.2) is 9.97 Å². The lowest BCUT2D eigenvalue weighted by molar-refractivity contribution is -0.111. The number of amides is 1. The van der Waals surface area contributed by atoms with Crippen molar-refractivity contribution >= 4 is 39.8 Å². The smallest absolute Gasteiger partial charge is 0.247 e. The summed E-state index contributed by atoms with van der Waals surface area (Å²) >= 11 is 0. The maximum atomic E-state index is 12.4. The van der Waals surface area contributed by atoms with Crippen molar-refractivity contribution in [3.8, 4) is 23.1 Å². The Balaban J connectivity index is 1.57. The van der Waals surface area contributed by atoms with Gasteiger partial charge in [0, 0.05) is 62.5 Å². The fourth-order valence-corrected chi connectivity index (χ4v) is 5.54. The van der Waals surface area contributed by atoms with Crippen molar-refractivity contribution < 1.29 is 9.53 Å². The highest BCUT2D eigenvalue weighted by atomic mass is 16.5. The van der Waals surface area contributed by atoms with Crippen molar-refractivity contribution in [2.75, 3.05) is 56.9 Å². The van der Waals surface area contributed by atoms with E-state index in [1.165, 1.54) is 17.2 Å². The Labute approximate surface area is 252 Å². The summed E-state index contributed by atoms with van der Waals surface area (Å²) in [5.41, 5.74) is 7.35. The number of nitrogens with zero attached hydrogens (tertiary/aromatic N) is 6. The van der Waals surface area contributed by atoms with Gasteiger partial charge >= 0.3 is 0 Å². The van der Waals surface area contributed by atoms with Gasteiger partial charge in [0.2, 0.25) is 11.9 Å². The van der Waals surface area contributed by atoms with Gasteiger partial charge in [0.15, 0.2) is 0 Å². The number of likely N-dealkylation sites (N-methyl/N-ethyl adjacent to an activating group) is 2. The molecule has 0 bridgehead atoms. The molecule has 0 radical (unpaired) electrons. The molecule has 0 aliphatic carbocycles. The third kappa shape index (κ3) is 6.32. The number of methoxy groups -OCH3 is 1. The molecule has 1 aliphatic heterocycles. The number of carbonyl (C=O) groups is 1. The van der Waals surface area contributed by atoms with Crippen molar-refractivity contribution in [1.29, 1.82) is 5.26 Å². The first kappa shape index (κ1) is 29.6. The summed E-state index contributed by atoms with van der Waals surface area (Å²) < 4.78 is 8.10. The van der Waals surface area contributed by atoms with Crippen molar-refractivity contribution in [3.63, 3.8) is 0 Å². The van der Waals surface area contributed by atoms with E-state index in [0.29, 0.717) is 35.9 Å². The molecule has 3 heterocycles. The molecular weight excluding hydrogens is 540 g/mol. The maximum Gasteiger partial charge on any atom is 0.247 e. The van der Waals surface area contributed by atoms with Crippen LogP contribution in [-0.4, -0.2) is 66.7 Å². The number of hydrogen-bond donors (Lipinski definition) is 2. The average Bonchev–Trinajstić information content (AvgIpc) is 3.39. The average molecular weight is 579 g/mol. The van der Waals surface area contributed by atoms with Crippen molar-refractivity contribution in [2.24, 2.45) is 0 Å². The highest BCUT2D eigenvalue weighted by molar-refractivity contribution is 6.02. The molecule has 0 unspecified atom stereocenters. The van der Waals surface area contributed by atoms with E-state index >= 15 is 0 Å². The van der Waals surface area contributed by atoms with E-state index in [-0.39, 0.29) is 5.91 Å². The zero-order valence-corrected chi connectivity index (χ0v) is 25.3. The Hall–Kier alpha value is -4.88. The van der Waals surface area contributed by atoms with Gasteiger partial charge in [-0.05, 0) is 56.6 Å². The zero-order valence-electron chi connectivity index (χ0n) is 25.3. The molecule has 4 aromatic rings. The van der Waals surface area contributed by atoms with E-state index in [1.807, 2.05) is 33.3 Å². The molecule has 2 N–H and O–H groups in total. The van der Waals surface area contributed by atoms with Crippen LogP contribution in [0.3, 0.4) is 0 Å². The van der Waals surface area contributed by atoms with Crippen molar-refractivity contribution in [2.45, 2.75) is 32.2 Å². The lowest BCUT2D eigenvalue weighted by atomic mass is 10.00.